The normalized spacial score (nSPS) is 26.7. The van der Waals surface area contributed by atoms with Gasteiger partial charge in [-0.2, -0.15) is 0 Å². The summed E-state index contributed by atoms with van der Waals surface area (Å²) in [6.45, 7) is 8.16. The number of nitrogens with one attached hydrogen (secondary N) is 1. The van der Waals surface area contributed by atoms with Crippen LogP contribution in [-0.4, -0.2) is 37.6 Å². The lowest BCUT2D eigenvalue weighted by atomic mass is 9.97. The molecule has 1 aliphatic rings. The highest BCUT2D eigenvalue weighted by molar-refractivity contribution is 4.78. The van der Waals surface area contributed by atoms with Crippen molar-refractivity contribution in [2.24, 2.45) is 11.8 Å². The number of likely N-dealkylation sites (N-methyl/N-ethyl adjacent to an activating group) is 1. The zero-order valence-electron chi connectivity index (χ0n) is 13.9. The third kappa shape index (κ3) is 6.76. The van der Waals surface area contributed by atoms with Gasteiger partial charge in [-0.25, -0.2) is 0 Å². The fourth-order valence-electron chi connectivity index (χ4n) is 3.31. The maximum atomic E-state index is 3.85. The van der Waals surface area contributed by atoms with Crippen LogP contribution in [0.1, 0.15) is 65.7 Å². The highest BCUT2D eigenvalue weighted by atomic mass is 15.1. The number of hydrogen-bond acceptors (Lipinski definition) is 2. The van der Waals surface area contributed by atoms with E-state index >= 15 is 0 Å². The predicted octanol–water partition coefficient (Wildman–Crippen LogP) is 3.91. The zero-order chi connectivity index (χ0) is 14.3. The molecule has 0 aromatic rings. The van der Waals surface area contributed by atoms with Crippen LogP contribution in [-0.2, 0) is 0 Å². The van der Waals surface area contributed by atoms with Gasteiger partial charge in [0.05, 0.1) is 0 Å². The van der Waals surface area contributed by atoms with Crippen LogP contribution < -0.4 is 5.32 Å². The van der Waals surface area contributed by atoms with Crippen molar-refractivity contribution in [1.29, 1.82) is 0 Å². The van der Waals surface area contributed by atoms with Crippen LogP contribution in [0.25, 0.3) is 0 Å². The Hall–Kier alpha value is -0.0800. The summed E-state index contributed by atoms with van der Waals surface area (Å²) in [4.78, 5) is 2.39. The van der Waals surface area contributed by atoms with Gasteiger partial charge >= 0.3 is 0 Å². The largest absolute Gasteiger partial charge is 0.312 e. The van der Waals surface area contributed by atoms with E-state index in [4.69, 9.17) is 0 Å². The molecular weight excluding hydrogens is 232 g/mol. The topological polar surface area (TPSA) is 15.3 Å². The van der Waals surface area contributed by atoms with Gasteiger partial charge in [0, 0.05) is 18.6 Å². The molecule has 0 saturated heterocycles. The van der Waals surface area contributed by atoms with Gasteiger partial charge < -0.3 is 10.2 Å². The third-order valence-corrected chi connectivity index (χ3v) is 4.78. The quantitative estimate of drug-likeness (QED) is 0.704. The molecule has 0 radical (unpaired) electrons. The van der Waals surface area contributed by atoms with E-state index in [1.165, 1.54) is 44.9 Å². The first-order chi connectivity index (χ1) is 9.02. The Morgan fingerprint density at radius 3 is 2.42 bits per heavy atom. The lowest BCUT2D eigenvalue weighted by Crippen LogP contribution is -2.42. The Balaban J connectivity index is 2.33. The maximum Gasteiger partial charge on any atom is 0.0217 e. The lowest BCUT2D eigenvalue weighted by molar-refractivity contribution is 0.237. The SMILES string of the molecule is CCC1CCCC(NCC(CC(C)C)N(C)C)CC1. The summed E-state index contributed by atoms with van der Waals surface area (Å²) in [6, 6.07) is 1.45. The Morgan fingerprint density at radius 1 is 1.11 bits per heavy atom. The van der Waals surface area contributed by atoms with Gasteiger partial charge in [0.15, 0.2) is 0 Å². The first-order valence-corrected chi connectivity index (χ1v) is 8.42. The summed E-state index contributed by atoms with van der Waals surface area (Å²) in [5.74, 6) is 1.78. The van der Waals surface area contributed by atoms with Crippen molar-refractivity contribution >= 4 is 0 Å². The van der Waals surface area contributed by atoms with Crippen molar-refractivity contribution in [1.82, 2.24) is 10.2 Å². The van der Waals surface area contributed by atoms with E-state index in [0.717, 1.165) is 24.4 Å². The van der Waals surface area contributed by atoms with Crippen molar-refractivity contribution in [3.05, 3.63) is 0 Å². The van der Waals surface area contributed by atoms with Crippen LogP contribution in [0.2, 0.25) is 0 Å². The monoisotopic (exact) mass is 268 g/mol. The molecule has 2 heteroatoms. The number of nitrogens with zero attached hydrogens (tertiary/aromatic N) is 1. The molecule has 0 aromatic carbocycles. The summed E-state index contributed by atoms with van der Waals surface area (Å²) >= 11 is 0. The van der Waals surface area contributed by atoms with E-state index < -0.39 is 0 Å². The molecule has 19 heavy (non-hydrogen) atoms. The molecule has 1 fully saturated rings. The zero-order valence-corrected chi connectivity index (χ0v) is 13.9. The standard InChI is InChI=1S/C17H36N2/c1-6-15-8-7-9-16(11-10-15)18-13-17(19(4)5)12-14(2)3/h14-18H,6-13H2,1-5H3. The molecule has 114 valence electrons. The highest BCUT2D eigenvalue weighted by Gasteiger charge is 2.19. The summed E-state index contributed by atoms with van der Waals surface area (Å²) < 4.78 is 0. The first-order valence-electron chi connectivity index (χ1n) is 8.42. The van der Waals surface area contributed by atoms with Crippen LogP contribution in [0.4, 0.5) is 0 Å². The molecule has 1 rings (SSSR count). The van der Waals surface area contributed by atoms with Crippen LogP contribution in [0.5, 0.6) is 0 Å². The van der Waals surface area contributed by atoms with Crippen LogP contribution in [0.3, 0.4) is 0 Å². The fraction of sp³-hybridized carbons (Fsp3) is 1.00. The summed E-state index contributed by atoms with van der Waals surface area (Å²) in [5.41, 5.74) is 0. The van der Waals surface area contributed by atoms with E-state index in [2.05, 4.69) is 45.1 Å². The minimum absolute atomic E-state index is 0.685. The fourth-order valence-corrected chi connectivity index (χ4v) is 3.31. The molecule has 1 saturated carbocycles. The molecule has 0 spiro atoms. The molecule has 2 nitrogen and oxygen atoms in total. The molecule has 3 atom stereocenters. The van der Waals surface area contributed by atoms with Crippen molar-refractivity contribution in [3.63, 3.8) is 0 Å². The molecule has 0 heterocycles. The van der Waals surface area contributed by atoms with Gasteiger partial charge in [-0.1, -0.05) is 40.0 Å². The van der Waals surface area contributed by atoms with E-state index in [-0.39, 0.29) is 0 Å². The second-order valence-corrected chi connectivity index (χ2v) is 7.13. The summed E-state index contributed by atoms with van der Waals surface area (Å²) in [5, 5.41) is 3.85. The van der Waals surface area contributed by atoms with Crippen molar-refractivity contribution < 1.29 is 0 Å². The van der Waals surface area contributed by atoms with Crippen molar-refractivity contribution in [2.45, 2.75) is 77.8 Å². The molecule has 3 unspecified atom stereocenters. The van der Waals surface area contributed by atoms with Crippen molar-refractivity contribution in [3.8, 4) is 0 Å². The van der Waals surface area contributed by atoms with Gasteiger partial charge in [-0.3, -0.25) is 0 Å². The molecule has 0 aromatic heterocycles. The smallest absolute Gasteiger partial charge is 0.0217 e. The Kier molecular flexibility index (Phi) is 8.01. The first kappa shape index (κ1) is 17.0. The third-order valence-electron chi connectivity index (χ3n) is 4.78. The lowest BCUT2D eigenvalue weighted by Gasteiger charge is -2.28. The molecule has 0 bridgehead atoms. The van der Waals surface area contributed by atoms with Gasteiger partial charge in [0.1, 0.15) is 0 Å². The van der Waals surface area contributed by atoms with Crippen molar-refractivity contribution in [2.75, 3.05) is 20.6 Å². The average Bonchev–Trinajstić information content (AvgIpc) is 2.58. The van der Waals surface area contributed by atoms with E-state index in [1.807, 2.05) is 0 Å². The maximum absolute atomic E-state index is 3.85. The molecule has 0 aliphatic heterocycles. The average molecular weight is 268 g/mol. The minimum atomic E-state index is 0.685. The van der Waals surface area contributed by atoms with E-state index in [0.29, 0.717) is 6.04 Å². The molecule has 1 N–H and O–H groups in total. The van der Waals surface area contributed by atoms with Gasteiger partial charge in [-0.05, 0) is 51.6 Å². The second kappa shape index (κ2) is 8.97. The van der Waals surface area contributed by atoms with Gasteiger partial charge in [0.2, 0.25) is 0 Å². The van der Waals surface area contributed by atoms with E-state index in [9.17, 15) is 0 Å². The summed E-state index contributed by atoms with van der Waals surface area (Å²) in [7, 11) is 4.43. The Bertz CT molecular complexity index is 225. The Morgan fingerprint density at radius 2 is 1.84 bits per heavy atom. The summed E-state index contributed by atoms with van der Waals surface area (Å²) in [6.07, 6.45) is 9.76. The molecular formula is C17H36N2. The number of hydrogen-bond donors (Lipinski definition) is 1. The Labute approximate surface area is 121 Å². The van der Waals surface area contributed by atoms with Crippen LogP contribution >= 0.6 is 0 Å². The number of rotatable bonds is 7. The van der Waals surface area contributed by atoms with Crippen LogP contribution in [0, 0.1) is 11.8 Å². The second-order valence-electron chi connectivity index (χ2n) is 7.13. The van der Waals surface area contributed by atoms with Gasteiger partial charge in [-0.15, -0.1) is 0 Å². The molecule has 1 aliphatic carbocycles. The van der Waals surface area contributed by atoms with Gasteiger partial charge in [0.25, 0.3) is 0 Å². The highest BCUT2D eigenvalue weighted by Crippen LogP contribution is 2.25. The van der Waals surface area contributed by atoms with E-state index in [1.54, 1.807) is 0 Å². The minimum Gasteiger partial charge on any atom is -0.312 e. The molecule has 0 amide bonds. The predicted molar refractivity (Wildman–Crippen MR) is 85.6 cm³/mol. The van der Waals surface area contributed by atoms with Crippen LogP contribution in [0.15, 0.2) is 0 Å².